The Kier molecular flexibility index (Phi) is 10.1. The molecule has 1 saturated heterocycles. The van der Waals surface area contributed by atoms with Crippen LogP contribution in [0.25, 0.3) is 6.08 Å². The highest BCUT2D eigenvalue weighted by atomic mass is 79.9. The number of allylic oxidation sites excluding steroid dienone is 1. The van der Waals surface area contributed by atoms with Crippen molar-refractivity contribution < 1.29 is 23.9 Å². The molecule has 7 nitrogen and oxygen atoms in total. The highest BCUT2D eigenvalue weighted by molar-refractivity contribution is 9.10. The molecule has 0 atom stereocenters. The zero-order valence-corrected chi connectivity index (χ0v) is 24.8. The molecule has 1 aliphatic heterocycles. The van der Waals surface area contributed by atoms with Crippen LogP contribution in [0, 0.1) is 0 Å². The highest BCUT2D eigenvalue weighted by Crippen LogP contribution is 2.38. The van der Waals surface area contributed by atoms with Gasteiger partial charge in [0.2, 0.25) is 5.91 Å². The first-order valence-corrected chi connectivity index (χ1v) is 14.3. The first-order valence-electron chi connectivity index (χ1n) is 12.4. The number of amides is 3. The number of carbonyl (C=O) groups is 3. The molecule has 0 saturated carbocycles. The third-order valence-electron chi connectivity index (χ3n) is 5.72. The SMILES string of the molecule is C=CCc1cc(/C=C2\SC(=O)N(CC(=O)Nc3ccc(Br)cc3)C2=O)cc(OCC)c1OCc1ccc(Cl)cc1. The molecule has 40 heavy (non-hydrogen) atoms. The first-order chi connectivity index (χ1) is 19.3. The molecule has 0 spiro atoms. The van der Waals surface area contributed by atoms with E-state index in [2.05, 4.69) is 27.8 Å². The van der Waals surface area contributed by atoms with E-state index in [0.29, 0.717) is 47.4 Å². The van der Waals surface area contributed by atoms with Crippen molar-refractivity contribution in [1.29, 1.82) is 0 Å². The number of benzene rings is 3. The van der Waals surface area contributed by atoms with Crippen LogP contribution >= 0.6 is 39.3 Å². The Hall–Kier alpha value is -3.53. The summed E-state index contributed by atoms with van der Waals surface area (Å²) in [6.45, 7) is 6.04. The van der Waals surface area contributed by atoms with Crippen LogP contribution in [0.15, 0.2) is 82.7 Å². The van der Waals surface area contributed by atoms with Crippen LogP contribution in [0.4, 0.5) is 10.5 Å². The summed E-state index contributed by atoms with van der Waals surface area (Å²) >= 11 is 10.1. The van der Waals surface area contributed by atoms with Gasteiger partial charge < -0.3 is 14.8 Å². The predicted molar refractivity (Wildman–Crippen MR) is 163 cm³/mol. The van der Waals surface area contributed by atoms with E-state index in [9.17, 15) is 14.4 Å². The van der Waals surface area contributed by atoms with E-state index >= 15 is 0 Å². The number of nitrogens with one attached hydrogen (secondary N) is 1. The Morgan fingerprint density at radius 3 is 2.50 bits per heavy atom. The maximum absolute atomic E-state index is 13.1. The summed E-state index contributed by atoms with van der Waals surface area (Å²) < 4.78 is 12.9. The fourth-order valence-electron chi connectivity index (χ4n) is 3.90. The second-order valence-electron chi connectivity index (χ2n) is 8.67. The quantitative estimate of drug-likeness (QED) is 0.173. The van der Waals surface area contributed by atoms with Gasteiger partial charge in [0.1, 0.15) is 13.2 Å². The average molecular weight is 642 g/mol. The van der Waals surface area contributed by atoms with E-state index in [4.69, 9.17) is 21.1 Å². The molecule has 206 valence electrons. The number of carbonyl (C=O) groups excluding carboxylic acids is 3. The molecular weight excluding hydrogens is 616 g/mol. The molecule has 1 heterocycles. The molecule has 3 amide bonds. The van der Waals surface area contributed by atoms with Crippen molar-refractivity contribution in [2.45, 2.75) is 20.0 Å². The largest absolute Gasteiger partial charge is 0.490 e. The maximum atomic E-state index is 13.1. The number of anilines is 1. The zero-order valence-electron chi connectivity index (χ0n) is 21.6. The molecule has 10 heteroatoms. The lowest BCUT2D eigenvalue weighted by molar-refractivity contribution is -0.127. The van der Waals surface area contributed by atoms with E-state index < -0.39 is 17.1 Å². The Balaban J connectivity index is 1.54. The molecule has 1 N–H and O–H groups in total. The van der Waals surface area contributed by atoms with Gasteiger partial charge in [-0.2, -0.15) is 0 Å². The molecule has 1 aliphatic rings. The fourth-order valence-corrected chi connectivity index (χ4v) is 5.13. The monoisotopic (exact) mass is 640 g/mol. The second kappa shape index (κ2) is 13.7. The Labute approximate surface area is 250 Å². The van der Waals surface area contributed by atoms with Crippen molar-refractivity contribution in [3.8, 4) is 11.5 Å². The molecule has 0 radical (unpaired) electrons. The van der Waals surface area contributed by atoms with E-state index in [1.54, 1.807) is 54.6 Å². The summed E-state index contributed by atoms with van der Waals surface area (Å²) in [5.74, 6) is 0.0777. The van der Waals surface area contributed by atoms with Crippen molar-refractivity contribution in [2.75, 3.05) is 18.5 Å². The molecular formula is C30H26BrClN2O5S. The highest BCUT2D eigenvalue weighted by Gasteiger charge is 2.36. The number of halogens is 2. The zero-order chi connectivity index (χ0) is 28.6. The number of rotatable bonds is 11. The first kappa shape index (κ1) is 29.5. The van der Waals surface area contributed by atoms with Gasteiger partial charge in [0.25, 0.3) is 11.1 Å². The number of ether oxygens (including phenoxy) is 2. The lowest BCUT2D eigenvalue weighted by Crippen LogP contribution is -2.36. The third-order valence-corrected chi connectivity index (χ3v) is 7.40. The summed E-state index contributed by atoms with van der Waals surface area (Å²) in [5.41, 5.74) is 2.98. The lowest BCUT2D eigenvalue weighted by Gasteiger charge is -2.17. The standard InChI is InChI=1S/C30H26BrClN2O5S/c1-3-5-21-14-20(15-25(38-4-2)28(21)39-18-19-6-10-23(32)11-7-19)16-26-29(36)34(30(37)40-26)17-27(35)33-24-12-8-22(31)9-13-24/h3,6-16H,1,4-5,17-18H2,2H3,(H,33,35)/b26-16-. The smallest absolute Gasteiger partial charge is 0.294 e. The van der Waals surface area contributed by atoms with Crippen molar-refractivity contribution in [3.63, 3.8) is 0 Å². The second-order valence-corrected chi connectivity index (χ2v) is 11.0. The van der Waals surface area contributed by atoms with Crippen molar-refractivity contribution in [3.05, 3.63) is 104 Å². The van der Waals surface area contributed by atoms with Gasteiger partial charge in [-0.15, -0.1) is 6.58 Å². The topological polar surface area (TPSA) is 84.9 Å². The molecule has 0 aromatic heterocycles. The van der Waals surface area contributed by atoms with Crippen LogP contribution < -0.4 is 14.8 Å². The molecule has 0 unspecified atom stereocenters. The minimum Gasteiger partial charge on any atom is -0.490 e. The number of hydrogen-bond donors (Lipinski definition) is 1. The van der Waals surface area contributed by atoms with Gasteiger partial charge in [-0.05, 0) is 90.8 Å². The average Bonchev–Trinajstić information content (AvgIpc) is 3.18. The number of hydrogen-bond acceptors (Lipinski definition) is 6. The molecule has 1 fully saturated rings. The Morgan fingerprint density at radius 2 is 1.82 bits per heavy atom. The van der Waals surface area contributed by atoms with Gasteiger partial charge in [0, 0.05) is 20.7 Å². The summed E-state index contributed by atoms with van der Waals surface area (Å²) in [5, 5.41) is 2.83. The van der Waals surface area contributed by atoms with Gasteiger partial charge in [-0.3, -0.25) is 19.3 Å². The fraction of sp³-hybridized carbons (Fsp3) is 0.167. The van der Waals surface area contributed by atoms with E-state index in [-0.39, 0.29) is 11.4 Å². The van der Waals surface area contributed by atoms with E-state index in [0.717, 1.165) is 32.3 Å². The number of nitrogens with zero attached hydrogens (tertiary/aromatic N) is 1. The van der Waals surface area contributed by atoms with Crippen LogP contribution in [-0.4, -0.2) is 35.1 Å². The van der Waals surface area contributed by atoms with Crippen LogP contribution in [0.3, 0.4) is 0 Å². The van der Waals surface area contributed by atoms with Crippen molar-refractivity contribution >= 4 is 68.1 Å². The summed E-state index contributed by atoms with van der Waals surface area (Å²) in [7, 11) is 0. The maximum Gasteiger partial charge on any atom is 0.294 e. The number of imide groups is 1. The normalized spacial score (nSPS) is 14.0. The molecule has 4 rings (SSSR count). The summed E-state index contributed by atoms with van der Waals surface area (Å²) in [6.07, 6.45) is 3.87. The van der Waals surface area contributed by atoms with Crippen LogP contribution in [0.2, 0.25) is 5.02 Å². The van der Waals surface area contributed by atoms with Crippen molar-refractivity contribution in [2.24, 2.45) is 0 Å². The summed E-state index contributed by atoms with van der Waals surface area (Å²) in [4.78, 5) is 39.4. The molecule has 3 aromatic rings. The van der Waals surface area contributed by atoms with Gasteiger partial charge in [0.05, 0.1) is 11.5 Å². The minimum atomic E-state index is -0.535. The van der Waals surface area contributed by atoms with Gasteiger partial charge in [-0.25, -0.2) is 0 Å². The van der Waals surface area contributed by atoms with Gasteiger partial charge in [0.15, 0.2) is 11.5 Å². The van der Waals surface area contributed by atoms with Gasteiger partial charge in [-0.1, -0.05) is 45.7 Å². The molecule has 0 bridgehead atoms. The Morgan fingerprint density at radius 1 is 1.10 bits per heavy atom. The van der Waals surface area contributed by atoms with E-state index in [1.165, 1.54) is 0 Å². The number of thioether (sulfide) groups is 1. The Bertz CT molecular complexity index is 1460. The van der Waals surface area contributed by atoms with Crippen LogP contribution in [0.5, 0.6) is 11.5 Å². The lowest BCUT2D eigenvalue weighted by atomic mass is 10.0. The molecule has 3 aromatic carbocycles. The van der Waals surface area contributed by atoms with Gasteiger partial charge >= 0.3 is 0 Å². The van der Waals surface area contributed by atoms with Crippen molar-refractivity contribution in [1.82, 2.24) is 4.90 Å². The minimum absolute atomic E-state index is 0.211. The third kappa shape index (κ3) is 7.56. The summed E-state index contributed by atoms with van der Waals surface area (Å²) in [6, 6.07) is 18.0. The predicted octanol–water partition coefficient (Wildman–Crippen LogP) is 7.48. The molecule has 0 aliphatic carbocycles. The van der Waals surface area contributed by atoms with Crippen LogP contribution in [0.1, 0.15) is 23.6 Å². The van der Waals surface area contributed by atoms with E-state index in [1.807, 2.05) is 25.1 Å². The van der Waals surface area contributed by atoms with Crippen LogP contribution in [-0.2, 0) is 22.6 Å².